The molecule has 2 saturated heterocycles. The highest BCUT2D eigenvalue weighted by atomic mass is 32.2. The van der Waals surface area contributed by atoms with Crippen LogP contribution in [0.1, 0.15) is 44.6 Å². The predicted octanol–water partition coefficient (Wildman–Crippen LogP) is 3.79. The molecule has 1 unspecified atom stereocenters. The number of aryl methyl sites for hydroxylation is 1. The van der Waals surface area contributed by atoms with E-state index < -0.39 is 5.54 Å². The summed E-state index contributed by atoms with van der Waals surface area (Å²) in [6, 6.07) is 10.1. The zero-order valence-electron chi connectivity index (χ0n) is 18.9. The van der Waals surface area contributed by atoms with Crippen LogP contribution in [0.2, 0.25) is 0 Å². The Morgan fingerprint density at radius 3 is 2.58 bits per heavy atom. The summed E-state index contributed by atoms with van der Waals surface area (Å²) in [6.45, 7) is 5.02. The lowest BCUT2D eigenvalue weighted by atomic mass is 9.74. The van der Waals surface area contributed by atoms with Crippen molar-refractivity contribution in [2.75, 3.05) is 38.2 Å². The van der Waals surface area contributed by atoms with E-state index in [1.807, 2.05) is 30.0 Å². The fourth-order valence-electron chi connectivity index (χ4n) is 4.89. The lowest BCUT2D eigenvalue weighted by Crippen LogP contribution is -2.56. The monoisotopic (exact) mass is 441 g/mol. The first-order chi connectivity index (χ1) is 15.1. The fourth-order valence-corrected chi connectivity index (χ4v) is 5.31. The van der Waals surface area contributed by atoms with Crippen LogP contribution in [0, 0.1) is 17.8 Å². The number of amides is 3. The van der Waals surface area contributed by atoms with Crippen molar-refractivity contribution in [2.45, 2.75) is 51.0 Å². The molecule has 0 aliphatic carbocycles. The SMILES string of the molecule is CC#CCN1C(=O)NC(CCCc2ccccc2)(C2CCN(CCCSC)CC2)C1=O. The summed E-state index contributed by atoms with van der Waals surface area (Å²) >= 11 is 1.89. The first-order valence-electron chi connectivity index (χ1n) is 11.4. The lowest BCUT2D eigenvalue weighted by Gasteiger charge is -2.41. The van der Waals surface area contributed by atoms with E-state index in [1.165, 1.54) is 22.6 Å². The zero-order valence-corrected chi connectivity index (χ0v) is 19.7. The van der Waals surface area contributed by atoms with Gasteiger partial charge < -0.3 is 10.2 Å². The largest absolute Gasteiger partial charge is 0.325 e. The molecule has 2 aliphatic rings. The average Bonchev–Trinajstić information content (AvgIpc) is 3.03. The maximum Gasteiger partial charge on any atom is 0.325 e. The Morgan fingerprint density at radius 2 is 1.90 bits per heavy atom. The Hall–Kier alpha value is -1.97. The molecule has 1 atom stereocenters. The Bertz CT molecular complexity index is 796. The number of thioether (sulfide) groups is 1. The number of hydrogen-bond acceptors (Lipinski definition) is 4. The van der Waals surface area contributed by atoms with Gasteiger partial charge >= 0.3 is 6.03 Å². The normalized spacial score (nSPS) is 22.3. The number of carbonyl (C=O) groups excluding carboxylic acids is 2. The van der Waals surface area contributed by atoms with Crippen molar-refractivity contribution < 1.29 is 9.59 Å². The van der Waals surface area contributed by atoms with Crippen LogP contribution in [0.5, 0.6) is 0 Å². The van der Waals surface area contributed by atoms with Gasteiger partial charge in [-0.3, -0.25) is 9.69 Å². The first kappa shape index (κ1) is 23.7. The third kappa shape index (κ3) is 5.84. The second-order valence-electron chi connectivity index (χ2n) is 8.52. The van der Waals surface area contributed by atoms with E-state index in [9.17, 15) is 9.59 Å². The standard InChI is InChI=1S/C25H35N3O2S/c1-3-4-17-28-23(29)25(26-24(28)30,15-8-12-21-10-6-5-7-11-21)22-13-18-27(19-14-22)16-9-20-31-2/h5-7,10-11,22H,8-9,12-20H2,1-2H3,(H,26,30). The second kappa shape index (κ2) is 11.6. The summed E-state index contributed by atoms with van der Waals surface area (Å²) in [4.78, 5) is 30.1. The molecule has 1 aromatic rings. The van der Waals surface area contributed by atoms with E-state index in [1.54, 1.807) is 6.92 Å². The molecule has 1 N–H and O–H groups in total. The van der Waals surface area contributed by atoms with E-state index in [4.69, 9.17) is 0 Å². The third-order valence-corrected chi connectivity index (χ3v) is 7.30. The van der Waals surface area contributed by atoms with E-state index in [0.717, 1.165) is 45.3 Å². The van der Waals surface area contributed by atoms with E-state index in [2.05, 4.69) is 40.4 Å². The van der Waals surface area contributed by atoms with Crippen LogP contribution < -0.4 is 5.32 Å². The van der Waals surface area contributed by atoms with Crippen LogP contribution in [-0.2, 0) is 11.2 Å². The van der Waals surface area contributed by atoms with Gasteiger partial charge in [0.15, 0.2) is 0 Å². The minimum atomic E-state index is -0.785. The molecule has 0 aromatic heterocycles. The molecular weight excluding hydrogens is 406 g/mol. The molecule has 2 fully saturated rings. The fraction of sp³-hybridized carbons (Fsp3) is 0.600. The molecule has 2 heterocycles. The van der Waals surface area contributed by atoms with Crippen LogP contribution in [0.4, 0.5) is 4.79 Å². The quantitative estimate of drug-likeness (QED) is 0.341. The maximum absolute atomic E-state index is 13.5. The minimum Gasteiger partial charge on any atom is -0.323 e. The van der Waals surface area contributed by atoms with Crippen molar-refractivity contribution in [2.24, 2.45) is 5.92 Å². The number of urea groups is 1. The average molecular weight is 442 g/mol. The Balaban J connectivity index is 1.70. The molecule has 0 spiro atoms. The minimum absolute atomic E-state index is 0.0749. The molecule has 1 aromatic carbocycles. The van der Waals surface area contributed by atoms with Gasteiger partial charge in [0, 0.05) is 0 Å². The molecule has 0 saturated carbocycles. The number of rotatable bonds is 10. The molecule has 0 bridgehead atoms. The smallest absolute Gasteiger partial charge is 0.323 e. The molecule has 3 rings (SSSR count). The lowest BCUT2D eigenvalue weighted by molar-refractivity contribution is -0.134. The van der Waals surface area contributed by atoms with Crippen molar-refractivity contribution in [3.05, 3.63) is 35.9 Å². The van der Waals surface area contributed by atoms with Crippen molar-refractivity contribution in [1.82, 2.24) is 15.1 Å². The molecule has 2 aliphatic heterocycles. The number of benzene rings is 1. The van der Waals surface area contributed by atoms with Crippen molar-refractivity contribution in [3.63, 3.8) is 0 Å². The summed E-state index contributed by atoms with van der Waals surface area (Å²) in [7, 11) is 0. The molecule has 6 heteroatoms. The van der Waals surface area contributed by atoms with Gasteiger partial charge in [0.05, 0.1) is 6.54 Å². The number of piperidine rings is 1. The van der Waals surface area contributed by atoms with Gasteiger partial charge in [-0.25, -0.2) is 4.79 Å². The van der Waals surface area contributed by atoms with Crippen LogP contribution in [0.15, 0.2) is 30.3 Å². The molecule has 3 amide bonds. The van der Waals surface area contributed by atoms with Crippen LogP contribution in [0.3, 0.4) is 0 Å². The predicted molar refractivity (Wildman–Crippen MR) is 128 cm³/mol. The van der Waals surface area contributed by atoms with E-state index in [-0.39, 0.29) is 24.4 Å². The number of likely N-dealkylation sites (tertiary alicyclic amines) is 1. The summed E-state index contributed by atoms with van der Waals surface area (Å²) in [5.41, 5.74) is 0.485. The number of imide groups is 1. The molecule has 168 valence electrons. The summed E-state index contributed by atoms with van der Waals surface area (Å²) in [5.74, 6) is 6.99. The molecule has 0 radical (unpaired) electrons. The highest BCUT2D eigenvalue weighted by Crippen LogP contribution is 2.37. The number of carbonyl (C=O) groups is 2. The van der Waals surface area contributed by atoms with Crippen LogP contribution >= 0.6 is 11.8 Å². The van der Waals surface area contributed by atoms with Crippen LogP contribution in [0.25, 0.3) is 0 Å². The van der Waals surface area contributed by atoms with Gasteiger partial charge in [-0.1, -0.05) is 36.3 Å². The van der Waals surface area contributed by atoms with Gasteiger partial charge in [0.1, 0.15) is 5.54 Å². The molecule has 5 nitrogen and oxygen atoms in total. The highest BCUT2D eigenvalue weighted by Gasteiger charge is 2.55. The summed E-state index contributed by atoms with van der Waals surface area (Å²) in [5, 5.41) is 3.15. The Kier molecular flexibility index (Phi) is 8.86. The summed E-state index contributed by atoms with van der Waals surface area (Å²) in [6.07, 6.45) is 7.71. The molecule has 31 heavy (non-hydrogen) atoms. The van der Waals surface area contributed by atoms with Crippen LogP contribution in [-0.4, -0.2) is 65.5 Å². The van der Waals surface area contributed by atoms with Gasteiger partial charge in [-0.05, 0) is 88.6 Å². The first-order valence-corrected chi connectivity index (χ1v) is 12.8. The highest BCUT2D eigenvalue weighted by molar-refractivity contribution is 7.98. The van der Waals surface area contributed by atoms with Gasteiger partial charge in [-0.15, -0.1) is 5.92 Å². The van der Waals surface area contributed by atoms with E-state index in [0.29, 0.717) is 6.42 Å². The van der Waals surface area contributed by atoms with Crippen molar-refractivity contribution in [1.29, 1.82) is 0 Å². The Morgan fingerprint density at radius 1 is 1.16 bits per heavy atom. The topological polar surface area (TPSA) is 52.7 Å². The van der Waals surface area contributed by atoms with Crippen molar-refractivity contribution >= 4 is 23.7 Å². The maximum atomic E-state index is 13.5. The van der Waals surface area contributed by atoms with Gasteiger partial charge in [-0.2, -0.15) is 11.8 Å². The second-order valence-corrected chi connectivity index (χ2v) is 9.51. The molecular formula is C25H35N3O2S. The zero-order chi connectivity index (χ0) is 22.1. The van der Waals surface area contributed by atoms with E-state index >= 15 is 0 Å². The summed E-state index contributed by atoms with van der Waals surface area (Å²) < 4.78 is 0. The Labute approximate surface area is 191 Å². The third-order valence-electron chi connectivity index (χ3n) is 6.60. The van der Waals surface area contributed by atoms with Gasteiger partial charge in [0.25, 0.3) is 5.91 Å². The van der Waals surface area contributed by atoms with Crippen molar-refractivity contribution in [3.8, 4) is 11.8 Å². The number of nitrogens with zero attached hydrogens (tertiary/aromatic N) is 2. The number of nitrogens with one attached hydrogen (secondary N) is 1. The number of hydrogen-bond donors (Lipinski definition) is 1. The van der Waals surface area contributed by atoms with Gasteiger partial charge in [0.2, 0.25) is 0 Å².